The third kappa shape index (κ3) is 31.9. The number of nitrogen functional groups attached to an aromatic ring is 3. The highest BCUT2D eigenvalue weighted by molar-refractivity contribution is 6.02. The van der Waals surface area contributed by atoms with E-state index < -0.39 is 0 Å². The maximum absolute atomic E-state index is 7.64. The lowest BCUT2D eigenvalue weighted by molar-refractivity contribution is 0.769. The summed E-state index contributed by atoms with van der Waals surface area (Å²) in [5.41, 5.74) is 66.5. The first-order valence-corrected chi connectivity index (χ1v) is 45.9. The summed E-state index contributed by atoms with van der Waals surface area (Å²) in [5.74, 6) is 0.322. The molecule has 0 saturated heterocycles. The van der Waals surface area contributed by atoms with Crippen LogP contribution in [-0.4, -0.2) is 44.9 Å². The molecule has 0 aliphatic carbocycles. The van der Waals surface area contributed by atoms with Gasteiger partial charge in [-0.05, 0) is 272 Å². The molecule has 0 fully saturated rings. The average molecular weight is 1800 g/mol. The molecule has 137 heavy (non-hydrogen) atoms. The Morgan fingerprint density at radius 1 is 0.248 bits per heavy atom. The summed E-state index contributed by atoms with van der Waals surface area (Å²) in [6.45, 7) is 36.8. The number of nitrogens with zero attached hydrogens (tertiary/aromatic N) is 1. The van der Waals surface area contributed by atoms with Crippen molar-refractivity contribution in [1.29, 1.82) is 37.9 Å². The lowest BCUT2D eigenvalue weighted by atomic mass is 9.98. The Bertz CT molecular complexity index is 6930. The number of fused-ring (bicyclic) bond motifs is 2. The van der Waals surface area contributed by atoms with E-state index in [0.717, 1.165) is 79.7 Å². The molecular weight excluding hydrogens is 1670 g/mol. The van der Waals surface area contributed by atoms with E-state index in [9.17, 15) is 0 Å². The molecule has 17 N–H and O–H groups in total. The highest BCUT2D eigenvalue weighted by Crippen LogP contribution is 2.30. The summed E-state index contributed by atoms with van der Waals surface area (Å²) in [6, 6.07) is 127. The molecule has 16 aromatic carbocycles. The Morgan fingerprint density at radius 3 is 0.978 bits per heavy atom. The second kappa shape index (κ2) is 51.5. The Balaban J connectivity index is 0.000000173. The molecule has 17 aromatic rings. The highest BCUT2D eigenvalue weighted by Gasteiger charge is 2.11. The number of amidine groups is 3. The summed E-state index contributed by atoms with van der Waals surface area (Å²) < 4.78 is 2.28. The fourth-order valence-corrected chi connectivity index (χ4v) is 15.0. The lowest BCUT2D eigenvalue weighted by Gasteiger charge is -2.07. The van der Waals surface area contributed by atoms with Gasteiger partial charge in [0.05, 0.1) is 0 Å². The van der Waals surface area contributed by atoms with Crippen LogP contribution < -0.4 is 28.7 Å². The molecule has 0 atom stereocenters. The van der Waals surface area contributed by atoms with E-state index in [1.54, 1.807) is 0 Å². The second-order valence-corrected chi connectivity index (χ2v) is 34.2. The third-order valence-corrected chi connectivity index (χ3v) is 23.0. The molecular formula is C124H131N13. The zero-order valence-corrected chi connectivity index (χ0v) is 81.7. The van der Waals surface area contributed by atoms with Gasteiger partial charge in [0, 0.05) is 68.7 Å². The van der Waals surface area contributed by atoms with Gasteiger partial charge in [-0.2, -0.15) is 0 Å². The van der Waals surface area contributed by atoms with Crippen LogP contribution in [0.2, 0.25) is 0 Å². The molecule has 1 heterocycles. The molecule has 0 aliphatic rings. The summed E-state index contributed by atoms with van der Waals surface area (Å²) >= 11 is 0. The Morgan fingerprint density at radius 2 is 0.562 bits per heavy atom. The highest BCUT2D eigenvalue weighted by atomic mass is 15.0. The predicted octanol–water partition coefficient (Wildman–Crippen LogP) is 30.0. The fraction of sp³-hybridized carbons (Fsp3) is 0.137. The van der Waals surface area contributed by atoms with Crippen LogP contribution in [0.15, 0.2) is 389 Å². The van der Waals surface area contributed by atoms with Crippen LogP contribution in [-0.2, 0) is 13.0 Å². The maximum atomic E-state index is 7.64. The molecule has 692 valence electrons. The monoisotopic (exact) mass is 1800 g/mol. The van der Waals surface area contributed by atoms with Gasteiger partial charge < -0.3 is 54.9 Å². The lowest BCUT2D eigenvalue weighted by Crippen LogP contribution is -2.10. The molecule has 13 heteroatoms. The molecule has 0 aliphatic heterocycles. The number of hydrogen-bond acceptors (Lipinski definition) is 9. The van der Waals surface area contributed by atoms with E-state index >= 15 is 0 Å². The van der Waals surface area contributed by atoms with Gasteiger partial charge in [-0.15, -0.1) is 0 Å². The first-order valence-electron chi connectivity index (χ1n) is 45.9. The standard InChI is InChI=1S/3C15H15N.3C14H14N2.C13H16N2.C13H13N.C11H15N/c1-11-5-3-7-14(9-11)15-8-4-6-13(10-15)12(2)16;1-11-6-3-4-9-15(11)14-8-5-7-13(10-14)12(2)16;1-11-6-8-13(9-7-11)15-5-3-4-14(10-15)12(2)16;2*1-10-2-4-11(5-3-10)12-6-8-13(9-7-12)14(15)16;1-10-4-2-3-5-13(10)11-6-8-12(9-7-11)14(15)16;1-4-15-9(2)7-12-6-5-11(10(3)14)8-13(12)15;1-9-3-4-11-5-6-12(10(2)14)8-13(11)7-9;1-3-5-10-6-4-7-11(8-10)9(2)12/h3-10,16H,1-2H3;2*3-10H,2,16H2,1H3;3*2-9H,1H3,(H3,15,16);5-8,14H,4H2,1-3H3;3-8,14H,1-2H3;4,6-8,12H,3,5H2,1-2H3. The first-order chi connectivity index (χ1) is 65.6. The zero-order valence-electron chi connectivity index (χ0n) is 81.7. The van der Waals surface area contributed by atoms with Gasteiger partial charge in [0.25, 0.3) is 0 Å². The first kappa shape index (κ1) is 104. The maximum Gasteiger partial charge on any atom is 0.122 e. The normalized spacial score (nSPS) is 10.2. The van der Waals surface area contributed by atoms with Crippen molar-refractivity contribution in [1.82, 2.24) is 4.57 Å². The van der Waals surface area contributed by atoms with Crippen LogP contribution in [0.1, 0.15) is 148 Å². The van der Waals surface area contributed by atoms with Crippen molar-refractivity contribution in [2.24, 2.45) is 28.7 Å². The SMILES string of the molecule is C=C(N)c1cccc(-c2ccc(C)cc2)c1.C=C(N)c1cccc(-c2ccccc2C)c1.CC(=N)c1ccc2ccc(C)cc2c1.CC(=N)c1cccc(-c2cccc(C)c2)c1.CCCc1cccc(C(C)=N)c1.CCn1c(C)cc2ccc(C(C)=N)cc21.Cc1ccc(-c2ccc(C(=N)N)cc2)cc1.Cc1ccc(-c2ccc(C(=N)N)cc2)cc1.Cc1ccccc1-c1ccc(C(=N)N)cc1. The molecule has 13 nitrogen and oxygen atoms in total. The van der Waals surface area contributed by atoms with Crippen LogP contribution in [0, 0.1) is 93.3 Å². The molecule has 0 spiro atoms. The topological polar surface area (TPSA) is 302 Å². The van der Waals surface area contributed by atoms with Crippen molar-refractivity contribution >= 4 is 73.4 Å². The zero-order chi connectivity index (χ0) is 99.4. The summed E-state index contributed by atoms with van der Waals surface area (Å²) in [4.78, 5) is 0. The smallest absolute Gasteiger partial charge is 0.122 e. The minimum absolute atomic E-state index is 0.107. The molecule has 0 saturated carbocycles. The van der Waals surface area contributed by atoms with E-state index in [4.69, 9.17) is 66.5 Å². The number of benzene rings is 16. The van der Waals surface area contributed by atoms with Crippen molar-refractivity contribution in [3.63, 3.8) is 0 Å². The van der Waals surface area contributed by atoms with Gasteiger partial charge in [-0.3, -0.25) is 16.2 Å². The molecule has 17 rings (SSSR count). The minimum atomic E-state index is 0.107. The quantitative estimate of drug-likeness (QED) is 0.0294. The van der Waals surface area contributed by atoms with Crippen LogP contribution >= 0.6 is 0 Å². The molecule has 0 unspecified atom stereocenters. The summed E-state index contributed by atoms with van der Waals surface area (Å²) in [5, 5.41) is 56.0. The number of nitrogens with one attached hydrogen (secondary N) is 7. The second-order valence-electron chi connectivity index (χ2n) is 34.2. The Hall–Kier alpha value is -16.5. The van der Waals surface area contributed by atoms with Crippen LogP contribution in [0.4, 0.5) is 0 Å². The van der Waals surface area contributed by atoms with Crippen molar-refractivity contribution in [2.75, 3.05) is 0 Å². The Kier molecular flexibility index (Phi) is 39.2. The van der Waals surface area contributed by atoms with Crippen LogP contribution in [0.3, 0.4) is 0 Å². The average Bonchev–Trinajstić information content (AvgIpc) is 1.64. The summed E-state index contributed by atoms with van der Waals surface area (Å²) in [7, 11) is 0. The fourth-order valence-electron chi connectivity index (χ4n) is 15.0. The summed E-state index contributed by atoms with van der Waals surface area (Å²) in [6.07, 6.45) is 2.28. The van der Waals surface area contributed by atoms with Gasteiger partial charge in [0.2, 0.25) is 0 Å². The van der Waals surface area contributed by atoms with E-state index in [0.29, 0.717) is 34.2 Å². The van der Waals surface area contributed by atoms with Crippen molar-refractivity contribution in [3.8, 4) is 66.8 Å². The number of aromatic nitrogens is 1. The minimum Gasteiger partial charge on any atom is -0.399 e. The largest absolute Gasteiger partial charge is 0.399 e. The van der Waals surface area contributed by atoms with Crippen molar-refractivity contribution < 1.29 is 0 Å². The Labute approximate surface area is 811 Å². The van der Waals surface area contributed by atoms with Crippen molar-refractivity contribution in [2.45, 2.75) is 116 Å². The molecule has 0 amide bonds. The van der Waals surface area contributed by atoms with E-state index in [1.165, 1.54) is 128 Å². The van der Waals surface area contributed by atoms with Gasteiger partial charge in [-0.1, -0.05) is 388 Å². The van der Waals surface area contributed by atoms with Gasteiger partial charge in [0.15, 0.2) is 0 Å². The van der Waals surface area contributed by atoms with Gasteiger partial charge in [-0.25, -0.2) is 0 Å². The van der Waals surface area contributed by atoms with Crippen LogP contribution in [0.5, 0.6) is 0 Å². The van der Waals surface area contributed by atoms with E-state index in [2.05, 4.69) is 305 Å². The van der Waals surface area contributed by atoms with E-state index in [1.807, 2.05) is 185 Å². The van der Waals surface area contributed by atoms with Crippen molar-refractivity contribution in [3.05, 3.63) is 490 Å². The number of rotatable bonds is 18. The van der Waals surface area contributed by atoms with E-state index in [-0.39, 0.29) is 17.5 Å². The molecule has 1 aromatic heterocycles. The molecule has 0 radical (unpaired) electrons. The number of nitrogens with two attached hydrogens (primary N) is 5. The number of aryl methyl sites for hydroxylation is 10. The van der Waals surface area contributed by atoms with Gasteiger partial charge in [0.1, 0.15) is 17.5 Å². The van der Waals surface area contributed by atoms with Crippen LogP contribution in [0.25, 0.3) is 99.8 Å². The predicted molar refractivity (Wildman–Crippen MR) is 591 cm³/mol. The molecule has 0 bridgehead atoms. The third-order valence-electron chi connectivity index (χ3n) is 23.0. The van der Waals surface area contributed by atoms with Gasteiger partial charge >= 0.3 is 0 Å². The number of hydrogen-bond donors (Lipinski definition) is 12.